The lowest BCUT2D eigenvalue weighted by molar-refractivity contribution is -0.314. The maximum Gasteiger partial charge on any atom is 0.408 e. The van der Waals surface area contributed by atoms with E-state index in [-0.39, 0.29) is 6.61 Å². The SMILES string of the molecule is C[C@@H](N)[C@@H](O)[C@@H](O)[C@@H]1O[C@@](OCc2ccccc2)(C(=O)O)C[C@@H](O)[C@H]1NC(=O)OC(C)(C)C. The van der Waals surface area contributed by atoms with Gasteiger partial charge in [-0.15, -0.1) is 0 Å². The van der Waals surface area contributed by atoms with Gasteiger partial charge in [-0.3, -0.25) is 0 Å². The predicted octanol–water partition coefficient (Wildman–Crippen LogP) is 0.0962. The van der Waals surface area contributed by atoms with Crippen molar-refractivity contribution in [2.24, 2.45) is 5.73 Å². The molecule has 1 aromatic carbocycles. The van der Waals surface area contributed by atoms with E-state index in [1.54, 1.807) is 51.1 Å². The molecular formula is C22H34N2O9. The number of carboxylic acids is 1. The van der Waals surface area contributed by atoms with Crippen LogP contribution in [0.4, 0.5) is 4.79 Å². The lowest BCUT2D eigenvalue weighted by atomic mass is 9.87. The maximum absolute atomic E-state index is 12.3. The van der Waals surface area contributed by atoms with Crippen LogP contribution in [0.25, 0.3) is 0 Å². The first-order valence-electron chi connectivity index (χ1n) is 10.6. The molecule has 1 saturated heterocycles. The standard InChI is InChI=1S/C22H34N2O9/c1-12(23)16(26)17(27)18-15(24-20(30)33-21(2,3)4)14(25)10-22(32-18,19(28)29)31-11-13-8-6-5-7-9-13/h5-9,12,14-18,25-27H,10-11,23H2,1-4H3,(H,24,30)(H,28,29)/t12-,14-,15-,16-,17-,18-,22-/m1/s1. The van der Waals surface area contributed by atoms with Gasteiger partial charge in [0.1, 0.15) is 17.8 Å². The number of nitrogens with one attached hydrogen (secondary N) is 1. The summed E-state index contributed by atoms with van der Waals surface area (Å²) in [5.41, 5.74) is 5.48. The van der Waals surface area contributed by atoms with Crippen LogP contribution in [-0.2, 0) is 25.6 Å². The largest absolute Gasteiger partial charge is 0.477 e. The van der Waals surface area contributed by atoms with Crippen molar-refractivity contribution in [1.29, 1.82) is 0 Å². The Balaban J connectivity index is 2.34. The summed E-state index contributed by atoms with van der Waals surface area (Å²) in [5.74, 6) is -3.90. The van der Waals surface area contributed by atoms with Gasteiger partial charge in [-0.2, -0.15) is 0 Å². The summed E-state index contributed by atoms with van der Waals surface area (Å²) < 4.78 is 16.5. The number of alkyl carbamates (subject to hydrolysis) is 1. The van der Waals surface area contributed by atoms with E-state index in [0.717, 1.165) is 0 Å². The van der Waals surface area contributed by atoms with Gasteiger partial charge >= 0.3 is 12.1 Å². The lowest BCUT2D eigenvalue weighted by Gasteiger charge is -2.46. The number of carboxylic acid groups (broad SMARTS) is 1. The van der Waals surface area contributed by atoms with Gasteiger partial charge in [-0.05, 0) is 33.3 Å². The third kappa shape index (κ3) is 7.10. The smallest absolute Gasteiger partial charge is 0.408 e. The number of rotatable bonds is 8. The monoisotopic (exact) mass is 470 g/mol. The number of amides is 1. The normalized spacial score (nSPS) is 28.4. The summed E-state index contributed by atoms with van der Waals surface area (Å²) in [4.78, 5) is 24.5. The van der Waals surface area contributed by atoms with Crippen molar-refractivity contribution in [3.8, 4) is 0 Å². The van der Waals surface area contributed by atoms with Gasteiger partial charge in [0.15, 0.2) is 0 Å². The summed E-state index contributed by atoms with van der Waals surface area (Å²) in [7, 11) is 0. The molecule has 7 atom stereocenters. The van der Waals surface area contributed by atoms with E-state index in [1.165, 1.54) is 6.92 Å². The Kier molecular flexibility index (Phi) is 8.80. The topological polar surface area (TPSA) is 181 Å². The van der Waals surface area contributed by atoms with Crippen LogP contribution in [0, 0.1) is 0 Å². The molecule has 0 bridgehead atoms. The third-order valence-corrected chi connectivity index (χ3v) is 5.12. The first kappa shape index (κ1) is 27.0. The minimum Gasteiger partial charge on any atom is -0.477 e. The van der Waals surface area contributed by atoms with Crippen LogP contribution in [0.1, 0.15) is 39.7 Å². The molecule has 186 valence electrons. The number of hydrogen-bond acceptors (Lipinski definition) is 9. The molecule has 1 aliphatic heterocycles. The van der Waals surface area contributed by atoms with Gasteiger partial charge < -0.3 is 45.7 Å². The molecule has 7 N–H and O–H groups in total. The highest BCUT2D eigenvalue weighted by Gasteiger charge is 2.56. The van der Waals surface area contributed by atoms with E-state index in [2.05, 4.69) is 5.32 Å². The summed E-state index contributed by atoms with van der Waals surface area (Å²) >= 11 is 0. The number of aliphatic hydroxyl groups excluding tert-OH is 3. The molecule has 33 heavy (non-hydrogen) atoms. The van der Waals surface area contributed by atoms with Gasteiger partial charge in [0.2, 0.25) is 0 Å². The summed E-state index contributed by atoms with van der Waals surface area (Å²) in [5, 5.41) is 44.2. The molecular weight excluding hydrogens is 436 g/mol. The molecule has 1 aromatic rings. The van der Waals surface area contributed by atoms with E-state index in [0.29, 0.717) is 5.56 Å². The third-order valence-electron chi connectivity index (χ3n) is 5.12. The molecule has 11 heteroatoms. The highest BCUT2D eigenvalue weighted by Crippen LogP contribution is 2.34. The Morgan fingerprint density at radius 3 is 2.39 bits per heavy atom. The van der Waals surface area contributed by atoms with Crippen molar-refractivity contribution in [2.45, 2.75) is 88.6 Å². The second-order valence-electron chi connectivity index (χ2n) is 9.20. The van der Waals surface area contributed by atoms with Crippen LogP contribution in [0.15, 0.2) is 30.3 Å². The van der Waals surface area contributed by atoms with Crippen LogP contribution in [0.2, 0.25) is 0 Å². The van der Waals surface area contributed by atoms with Crippen LogP contribution >= 0.6 is 0 Å². The molecule has 0 aromatic heterocycles. The minimum atomic E-state index is -2.36. The zero-order valence-electron chi connectivity index (χ0n) is 19.2. The van der Waals surface area contributed by atoms with Crippen molar-refractivity contribution in [2.75, 3.05) is 0 Å². The number of carbonyl (C=O) groups excluding carboxylic acids is 1. The molecule has 1 aliphatic rings. The van der Waals surface area contributed by atoms with Crippen molar-refractivity contribution in [1.82, 2.24) is 5.32 Å². The van der Waals surface area contributed by atoms with Crippen LogP contribution in [0.5, 0.6) is 0 Å². The highest BCUT2D eigenvalue weighted by molar-refractivity contribution is 5.76. The lowest BCUT2D eigenvalue weighted by Crippen LogP contribution is -2.68. The molecule has 0 unspecified atom stereocenters. The van der Waals surface area contributed by atoms with Crippen molar-refractivity contribution >= 4 is 12.1 Å². The van der Waals surface area contributed by atoms with Gasteiger partial charge in [-0.1, -0.05) is 30.3 Å². The van der Waals surface area contributed by atoms with Crippen LogP contribution < -0.4 is 11.1 Å². The molecule has 0 saturated carbocycles. The van der Waals surface area contributed by atoms with Gasteiger partial charge in [0, 0.05) is 12.5 Å². The molecule has 1 heterocycles. The Morgan fingerprint density at radius 1 is 1.27 bits per heavy atom. The fourth-order valence-corrected chi connectivity index (χ4v) is 3.44. The van der Waals surface area contributed by atoms with E-state index in [4.69, 9.17) is 19.9 Å². The average Bonchev–Trinajstić information content (AvgIpc) is 2.72. The van der Waals surface area contributed by atoms with Crippen molar-refractivity contribution in [3.63, 3.8) is 0 Å². The zero-order chi connectivity index (χ0) is 25.0. The van der Waals surface area contributed by atoms with E-state index < -0.39 is 66.4 Å². The molecule has 11 nitrogen and oxygen atoms in total. The predicted molar refractivity (Wildman–Crippen MR) is 116 cm³/mol. The number of nitrogens with two attached hydrogens (primary N) is 1. The fourth-order valence-electron chi connectivity index (χ4n) is 3.44. The number of aliphatic carboxylic acids is 1. The van der Waals surface area contributed by atoms with E-state index in [9.17, 15) is 30.0 Å². The first-order chi connectivity index (χ1) is 15.3. The second-order valence-corrected chi connectivity index (χ2v) is 9.20. The summed E-state index contributed by atoms with van der Waals surface area (Å²) in [6, 6.07) is 6.46. The Hall–Kier alpha value is -2.28. The number of ether oxygens (including phenoxy) is 3. The minimum absolute atomic E-state index is 0.164. The van der Waals surface area contributed by atoms with Gasteiger partial charge in [0.25, 0.3) is 5.79 Å². The molecule has 0 spiro atoms. The van der Waals surface area contributed by atoms with Crippen molar-refractivity contribution in [3.05, 3.63) is 35.9 Å². The molecule has 0 aliphatic carbocycles. The number of aliphatic hydroxyl groups is 3. The summed E-state index contributed by atoms with van der Waals surface area (Å²) in [6.07, 6.45) is -7.92. The van der Waals surface area contributed by atoms with Crippen LogP contribution in [-0.4, -0.2) is 80.4 Å². The second kappa shape index (κ2) is 10.8. The number of hydrogen-bond donors (Lipinski definition) is 6. The molecule has 1 fully saturated rings. The van der Waals surface area contributed by atoms with Gasteiger partial charge in [0.05, 0.1) is 24.9 Å². The zero-order valence-corrected chi connectivity index (χ0v) is 19.2. The van der Waals surface area contributed by atoms with E-state index in [1.807, 2.05) is 0 Å². The maximum atomic E-state index is 12.3. The number of benzene rings is 1. The highest BCUT2D eigenvalue weighted by atomic mass is 16.7. The first-order valence-corrected chi connectivity index (χ1v) is 10.6. The number of carbonyl (C=O) groups is 2. The van der Waals surface area contributed by atoms with Crippen molar-refractivity contribution < 1.29 is 44.2 Å². The Bertz CT molecular complexity index is 799. The quantitative estimate of drug-likeness (QED) is 0.305. The van der Waals surface area contributed by atoms with E-state index >= 15 is 0 Å². The summed E-state index contributed by atoms with van der Waals surface area (Å²) in [6.45, 7) is 6.18. The van der Waals surface area contributed by atoms with Crippen LogP contribution in [0.3, 0.4) is 0 Å². The molecule has 1 amide bonds. The molecule has 0 radical (unpaired) electrons. The Labute approximate surface area is 192 Å². The van der Waals surface area contributed by atoms with Gasteiger partial charge in [-0.25, -0.2) is 9.59 Å². The fraction of sp³-hybridized carbons (Fsp3) is 0.636. The Morgan fingerprint density at radius 2 is 1.88 bits per heavy atom. The molecule has 2 rings (SSSR count). The average molecular weight is 471 g/mol.